The maximum atomic E-state index is 12.5. The second kappa shape index (κ2) is 8.29. The number of nitrogens with zero attached hydrogens (tertiary/aromatic N) is 1. The molecule has 0 atom stereocenters. The number of thiophene rings is 1. The maximum absolute atomic E-state index is 12.5. The summed E-state index contributed by atoms with van der Waals surface area (Å²) in [6, 6.07) is 14.7. The van der Waals surface area contributed by atoms with Crippen molar-refractivity contribution in [3.63, 3.8) is 0 Å². The average molecular weight is 430 g/mol. The number of carbonyl (C=O) groups excluding carboxylic acids is 1. The molecule has 0 aliphatic heterocycles. The smallest absolute Gasteiger partial charge is 0.341 e. The SMILES string of the molecule is CCOC(=O)c1c(-c2ccccc2)csc1N=Cc1cc(Br)ccc1O. The van der Waals surface area contributed by atoms with E-state index in [2.05, 4.69) is 20.9 Å². The van der Waals surface area contributed by atoms with Crippen LogP contribution < -0.4 is 0 Å². The molecular weight excluding hydrogens is 414 g/mol. The summed E-state index contributed by atoms with van der Waals surface area (Å²) < 4.78 is 6.05. The molecule has 0 unspecified atom stereocenters. The first-order chi connectivity index (χ1) is 12.6. The van der Waals surface area contributed by atoms with E-state index in [1.54, 1.807) is 31.3 Å². The van der Waals surface area contributed by atoms with Gasteiger partial charge < -0.3 is 9.84 Å². The molecule has 1 heterocycles. The Morgan fingerprint density at radius 3 is 2.77 bits per heavy atom. The van der Waals surface area contributed by atoms with Gasteiger partial charge in [-0.05, 0) is 30.7 Å². The standard InChI is InChI=1S/C20H16BrNO3S/c1-2-25-20(24)18-16(13-6-4-3-5-7-13)12-26-19(18)22-11-14-10-15(21)8-9-17(14)23/h3-12,23H,2H2,1H3. The lowest BCUT2D eigenvalue weighted by atomic mass is 10.0. The summed E-state index contributed by atoms with van der Waals surface area (Å²) in [5.74, 6) is -0.285. The molecule has 2 aromatic carbocycles. The molecule has 0 amide bonds. The topological polar surface area (TPSA) is 58.9 Å². The molecule has 3 rings (SSSR count). The van der Waals surface area contributed by atoms with Gasteiger partial charge in [-0.15, -0.1) is 11.3 Å². The highest BCUT2D eigenvalue weighted by atomic mass is 79.9. The number of ether oxygens (including phenoxy) is 1. The van der Waals surface area contributed by atoms with E-state index in [0.29, 0.717) is 22.7 Å². The van der Waals surface area contributed by atoms with Crippen molar-refractivity contribution in [3.05, 3.63) is 69.5 Å². The number of phenolic OH excluding ortho intramolecular Hbond substituents is 1. The van der Waals surface area contributed by atoms with E-state index in [4.69, 9.17) is 4.74 Å². The fourth-order valence-electron chi connectivity index (χ4n) is 2.43. The Bertz CT molecular complexity index is 951. The quantitative estimate of drug-likeness (QED) is 0.411. The molecule has 3 aromatic rings. The molecule has 4 nitrogen and oxygen atoms in total. The van der Waals surface area contributed by atoms with Crippen molar-refractivity contribution in [2.45, 2.75) is 6.92 Å². The minimum atomic E-state index is -0.404. The zero-order valence-electron chi connectivity index (χ0n) is 14.0. The zero-order chi connectivity index (χ0) is 18.5. The van der Waals surface area contributed by atoms with Gasteiger partial charge in [-0.1, -0.05) is 46.3 Å². The number of halogens is 1. The van der Waals surface area contributed by atoms with Crippen LogP contribution in [0.4, 0.5) is 5.00 Å². The average Bonchev–Trinajstić information content (AvgIpc) is 3.07. The number of rotatable bonds is 5. The summed E-state index contributed by atoms with van der Waals surface area (Å²) in [5.41, 5.74) is 2.72. The van der Waals surface area contributed by atoms with E-state index in [0.717, 1.165) is 15.6 Å². The van der Waals surface area contributed by atoms with E-state index >= 15 is 0 Å². The van der Waals surface area contributed by atoms with Gasteiger partial charge in [0.05, 0.1) is 6.61 Å². The number of hydrogen-bond acceptors (Lipinski definition) is 5. The van der Waals surface area contributed by atoms with E-state index in [1.165, 1.54) is 11.3 Å². The Kier molecular flexibility index (Phi) is 5.85. The Morgan fingerprint density at radius 1 is 1.27 bits per heavy atom. The van der Waals surface area contributed by atoms with E-state index in [-0.39, 0.29) is 5.75 Å². The Hall–Kier alpha value is -2.44. The van der Waals surface area contributed by atoms with Crippen LogP contribution in [-0.4, -0.2) is 23.9 Å². The summed E-state index contributed by atoms with van der Waals surface area (Å²) in [4.78, 5) is 16.9. The number of hydrogen-bond donors (Lipinski definition) is 1. The molecule has 132 valence electrons. The third-order valence-corrected chi connectivity index (χ3v) is 5.03. The molecule has 0 spiro atoms. The van der Waals surface area contributed by atoms with Gasteiger partial charge in [0.15, 0.2) is 0 Å². The molecule has 0 aliphatic carbocycles. The fraction of sp³-hybridized carbons (Fsp3) is 0.100. The second-order valence-corrected chi connectivity index (χ2v) is 7.15. The number of phenols is 1. The van der Waals surface area contributed by atoms with Crippen LogP contribution >= 0.6 is 27.3 Å². The van der Waals surface area contributed by atoms with Gasteiger partial charge in [-0.25, -0.2) is 9.79 Å². The van der Waals surface area contributed by atoms with Crippen LogP contribution in [0.25, 0.3) is 11.1 Å². The van der Waals surface area contributed by atoms with Crippen LogP contribution in [0.15, 0.2) is 63.4 Å². The molecule has 0 saturated heterocycles. The maximum Gasteiger partial charge on any atom is 0.341 e. The number of aromatic hydroxyl groups is 1. The van der Waals surface area contributed by atoms with Gasteiger partial charge in [0.2, 0.25) is 0 Å². The van der Waals surface area contributed by atoms with E-state index < -0.39 is 5.97 Å². The lowest BCUT2D eigenvalue weighted by molar-refractivity contribution is 0.0529. The van der Waals surface area contributed by atoms with E-state index in [1.807, 2.05) is 35.7 Å². The van der Waals surface area contributed by atoms with Gasteiger partial charge in [-0.3, -0.25) is 0 Å². The van der Waals surface area contributed by atoms with Crippen molar-refractivity contribution in [2.24, 2.45) is 4.99 Å². The predicted octanol–water partition coefficient (Wildman–Crippen LogP) is 5.81. The first-order valence-corrected chi connectivity index (χ1v) is 9.64. The minimum absolute atomic E-state index is 0.120. The van der Waals surface area contributed by atoms with Crippen molar-refractivity contribution >= 4 is 44.5 Å². The molecule has 26 heavy (non-hydrogen) atoms. The summed E-state index contributed by atoms with van der Waals surface area (Å²) in [7, 11) is 0. The van der Waals surface area contributed by atoms with Crippen LogP contribution in [-0.2, 0) is 4.74 Å². The van der Waals surface area contributed by atoms with Crippen LogP contribution in [0.1, 0.15) is 22.8 Å². The number of benzene rings is 2. The van der Waals surface area contributed by atoms with Crippen molar-refractivity contribution in [1.29, 1.82) is 0 Å². The van der Waals surface area contributed by atoms with Gasteiger partial charge in [-0.2, -0.15) is 0 Å². The molecule has 0 aliphatic rings. The zero-order valence-corrected chi connectivity index (χ0v) is 16.4. The van der Waals surface area contributed by atoms with Crippen LogP contribution in [0.2, 0.25) is 0 Å². The highest BCUT2D eigenvalue weighted by Crippen LogP contribution is 2.38. The summed E-state index contributed by atoms with van der Waals surface area (Å²) in [6.45, 7) is 2.06. The lowest BCUT2D eigenvalue weighted by Crippen LogP contribution is -2.05. The molecule has 0 bridgehead atoms. The third kappa shape index (κ3) is 4.03. The lowest BCUT2D eigenvalue weighted by Gasteiger charge is -2.05. The Labute approximate surface area is 163 Å². The molecular formula is C20H16BrNO3S. The summed E-state index contributed by atoms with van der Waals surface area (Å²) >= 11 is 4.73. The van der Waals surface area contributed by atoms with Gasteiger partial charge >= 0.3 is 5.97 Å². The van der Waals surface area contributed by atoms with Gasteiger partial charge in [0.25, 0.3) is 0 Å². The normalized spacial score (nSPS) is 11.0. The molecule has 0 saturated carbocycles. The molecule has 1 aromatic heterocycles. The fourth-order valence-corrected chi connectivity index (χ4v) is 3.72. The van der Waals surface area contributed by atoms with Crippen molar-refractivity contribution in [1.82, 2.24) is 0 Å². The minimum Gasteiger partial charge on any atom is -0.507 e. The highest BCUT2D eigenvalue weighted by molar-refractivity contribution is 9.10. The van der Waals surface area contributed by atoms with Crippen LogP contribution in [0.5, 0.6) is 5.75 Å². The molecule has 0 radical (unpaired) electrons. The van der Waals surface area contributed by atoms with Crippen molar-refractivity contribution in [3.8, 4) is 16.9 Å². The van der Waals surface area contributed by atoms with Crippen molar-refractivity contribution < 1.29 is 14.6 Å². The molecule has 6 heteroatoms. The largest absolute Gasteiger partial charge is 0.507 e. The monoisotopic (exact) mass is 429 g/mol. The summed E-state index contributed by atoms with van der Waals surface area (Å²) in [5, 5.41) is 12.4. The first kappa shape index (κ1) is 18.4. The third-order valence-electron chi connectivity index (χ3n) is 3.65. The Morgan fingerprint density at radius 2 is 2.04 bits per heavy atom. The van der Waals surface area contributed by atoms with Gasteiger partial charge in [0, 0.05) is 27.2 Å². The summed E-state index contributed by atoms with van der Waals surface area (Å²) in [6.07, 6.45) is 1.55. The van der Waals surface area contributed by atoms with Crippen LogP contribution in [0.3, 0.4) is 0 Å². The van der Waals surface area contributed by atoms with E-state index in [9.17, 15) is 9.90 Å². The number of aliphatic imine (C=N–C) groups is 1. The molecule has 1 N–H and O–H groups in total. The highest BCUT2D eigenvalue weighted by Gasteiger charge is 2.21. The Balaban J connectivity index is 2.04. The second-order valence-electron chi connectivity index (χ2n) is 5.38. The first-order valence-electron chi connectivity index (χ1n) is 7.96. The molecule has 0 fully saturated rings. The van der Waals surface area contributed by atoms with Crippen molar-refractivity contribution in [2.75, 3.05) is 6.61 Å². The number of carbonyl (C=O) groups is 1. The van der Waals surface area contributed by atoms with Crippen LogP contribution in [0, 0.1) is 0 Å². The number of esters is 1. The predicted molar refractivity (Wildman–Crippen MR) is 109 cm³/mol. The van der Waals surface area contributed by atoms with Gasteiger partial charge in [0.1, 0.15) is 16.3 Å².